The summed E-state index contributed by atoms with van der Waals surface area (Å²) in [4.78, 5) is 24.0. The van der Waals surface area contributed by atoms with Crippen LogP contribution in [0.1, 0.15) is 25.4 Å². The molecule has 8 nitrogen and oxygen atoms in total. The van der Waals surface area contributed by atoms with Gasteiger partial charge >= 0.3 is 5.97 Å². The fourth-order valence-corrected chi connectivity index (χ4v) is 2.97. The quantitative estimate of drug-likeness (QED) is 0.617. The highest BCUT2D eigenvalue weighted by molar-refractivity contribution is 6.33. The number of esters is 1. The predicted octanol–water partition coefficient (Wildman–Crippen LogP) is 1.65. The van der Waals surface area contributed by atoms with Crippen LogP contribution in [-0.2, 0) is 19.0 Å². The maximum absolute atomic E-state index is 11.3. The highest BCUT2D eigenvalue weighted by Gasteiger charge is 2.39. The lowest BCUT2D eigenvalue weighted by atomic mass is 10.2. The molecule has 0 amide bonds. The van der Waals surface area contributed by atoms with Crippen LogP contribution in [0.25, 0.3) is 11.2 Å². The zero-order chi connectivity index (χ0) is 16.6. The molecule has 3 rings (SSSR count). The first-order valence-corrected chi connectivity index (χ1v) is 7.55. The van der Waals surface area contributed by atoms with Gasteiger partial charge in [-0.3, -0.25) is 9.36 Å². The van der Waals surface area contributed by atoms with Gasteiger partial charge < -0.3 is 14.2 Å². The largest absolute Gasteiger partial charge is 0.460 e. The van der Waals surface area contributed by atoms with Crippen LogP contribution in [0, 0.1) is 6.92 Å². The van der Waals surface area contributed by atoms with Gasteiger partial charge in [0.05, 0.1) is 12.9 Å². The Bertz CT molecular complexity index is 735. The Labute approximate surface area is 137 Å². The molecule has 3 heterocycles. The van der Waals surface area contributed by atoms with Crippen molar-refractivity contribution in [2.24, 2.45) is 0 Å². The number of aromatic nitrogens is 4. The molecule has 9 heteroatoms. The first-order chi connectivity index (χ1) is 11.0. The number of halogens is 1. The summed E-state index contributed by atoms with van der Waals surface area (Å²) in [5.41, 5.74) is 1.10. The molecule has 1 aliphatic rings. The highest BCUT2D eigenvalue weighted by Crippen LogP contribution is 2.33. The van der Waals surface area contributed by atoms with E-state index in [0.717, 1.165) is 0 Å². The summed E-state index contributed by atoms with van der Waals surface area (Å²) in [5.74, 6) is 0.198. The predicted molar refractivity (Wildman–Crippen MR) is 81.0 cm³/mol. The molecule has 1 saturated heterocycles. The Kier molecular flexibility index (Phi) is 4.47. The normalized spacial score (nSPS) is 24.3. The van der Waals surface area contributed by atoms with Gasteiger partial charge in [-0.2, -0.15) is 0 Å². The van der Waals surface area contributed by atoms with Crippen LogP contribution in [0.4, 0.5) is 0 Å². The van der Waals surface area contributed by atoms with Crippen LogP contribution in [0.5, 0.6) is 0 Å². The van der Waals surface area contributed by atoms with Gasteiger partial charge in [0, 0.05) is 20.5 Å². The molecular weight excluding hydrogens is 324 g/mol. The smallest absolute Gasteiger partial charge is 0.302 e. The number of aryl methyl sites for hydroxylation is 1. The van der Waals surface area contributed by atoms with E-state index in [4.69, 9.17) is 25.8 Å². The van der Waals surface area contributed by atoms with E-state index in [2.05, 4.69) is 15.0 Å². The SMILES string of the molecule is COC[C@H]1O[C@@H](n2cnc3c(Cl)nc(C)nc32)C[C@H]1OC(C)=O. The van der Waals surface area contributed by atoms with Gasteiger partial charge in [-0.25, -0.2) is 15.0 Å². The summed E-state index contributed by atoms with van der Waals surface area (Å²) >= 11 is 6.10. The van der Waals surface area contributed by atoms with Crippen LogP contribution < -0.4 is 0 Å². The third-order valence-corrected chi connectivity index (χ3v) is 3.89. The lowest BCUT2D eigenvalue weighted by Crippen LogP contribution is -2.30. The molecule has 1 aliphatic heterocycles. The minimum Gasteiger partial charge on any atom is -0.460 e. The van der Waals surface area contributed by atoms with Gasteiger partial charge in [-0.05, 0) is 6.92 Å². The first kappa shape index (κ1) is 16.1. The van der Waals surface area contributed by atoms with Gasteiger partial charge in [0.15, 0.2) is 10.8 Å². The minimum absolute atomic E-state index is 0.300. The standard InChI is InChI=1S/C14H17ClN4O4/c1-7-17-13(15)12-14(18-7)19(6-16-12)11-4-9(22-8(2)20)10(23-11)5-21-3/h6,9-11H,4-5H2,1-3H3/t9-,10-,11-/m1/s1. The van der Waals surface area contributed by atoms with Crippen molar-refractivity contribution in [3.05, 3.63) is 17.3 Å². The fraction of sp³-hybridized carbons (Fsp3) is 0.571. The molecule has 0 bridgehead atoms. The third-order valence-electron chi connectivity index (χ3n) is 3.63. The highest BCUT2D eigenvalue weighted by atomic mass is 35.5. The van der Waals surface area contributed by atoms with Crippen molar-refractivity contribution < 1.29 is 19.0 Å². The Hall–Kier alpha value is -1.77. The number of carbonyl (C=O) groups is 1. The Balaban J connectivity index is 1.91. The fourth-order valence-electron chi connectivity index (χ4n) is 2.72. The van der Waals surface area contributed by atoms with Crippen LogP contribution in [0.2, 0.25) is 5.15 Å². The molecular formula is C14H17ClN4O4. The Morgan fingerprint density at radius 2 is 2.30 bits per heavy atom. The molecule has 23 heavy (non-hydrogen) atoms. The van der Waals surface area contributed by atoms with Crippen molar-refractivity contribution in [3.8, 4) is 0 Å². The van der Waals surface area contributed by atoms with Crippen LogP contribution in [-0.4, -0.2) is 51.4 Å². The minimum atomic E-state index is -0.381. The van der Waals surface area contributed by atoms with Crippen molar-refractivity contribution in [2.75, 3.05) is 13.7 Å². The lowest BCUT2D eigenvalue weighted by Gasteiger charge is -2.17. The van der Waals surface area contributed by atoms with Gasteiger partial charge in [-0.1, -0.05) is 11.6 Å². The van der Waals surface area contributed by atoms with Crippen molar-refractivity contribution in [1.82, 2.24) is 19.5 Å². The number of methoxy groups -OCH3 is 1. The Morgan fingerprint density at radius 1 is 1.52 bits per heavy atom. The zero-order valence-electron chi connectivity index (χ0n) is 13.0. The average molecular weight is 341 g/mol. The van der Waals surface area contributed by atoms with Crippen LogP contribution >= 0.6 is 11.6 Å². The molecule has 0 unspecified atom stereocenters. The van der Waals surface area contributed by atoms with Crippen LogP contribution in [0.3, 0.4) is 0 Å². The number of ether oxygens (including phenoxy) is 3. The van der Waals surface area contributed by atoms with Crippen molar-refractivity contribution in [1.29, 1.82) is 0 Å². The number of hydrogen-bond acceptors (Lipinski definition) is 7. The molecule has 124 valence electrons. The number of hydrogen-bond donors (Lipinski definition) is 0. The molecule has 0 saturated carbocycles. The van der Waals surface area contributed by atoms with Gasteiger partial charge in [0.2, 0.25) is 0 Å². The van der Waals surface area contributed by atoms with Crippen molar-refractivity contribution in [3.63, 3.8) is 0 Å². The molecule has 2 aromatic rings. The van der Waals surface area contributed by atoms with E-state index < -0.39 is 0 Å². The number of carbonyl (C=O) groups excluding carboxylic acids is 1. The van der Waals surface area contributed by atoms with E-state index in [1.54, 1.807) is 24.9 Å². The summed E-state index contributed by atoms with van der Waals surface area (Å²) in [7, 11) is 1.57. The first-order valence-electron chi connectivity index (χ1n) is 7.18. The number of imidazole rings is 1. The van der Waals surface area contributed by atoms with Gasteiger partial charge in [0.1, 0.15) is 29.8 Å². The molecule has 3 atom stereocenters. The van der Waals surface area contributed by atoms with Crippen LogP contribution in [0.15, 0.2) is 6.33 Å². The van der Waals surface area contributed by atoms with Crippen molar-refractivity contribution in [2.45, 2.75) is 38.7 Å². The van der Waals surface area contributed by atoms with E-state index in [-0.39, 0.29) is 24.4 Å². The second kappa shape index (κ2) is 6.38. The van der Waals surface area contributed by atoms with Crippen molar-refractivity contribution >= 4 is 28.7 Å². The maximum Gasteiger partial charge on any atom is 0.302 e. The Morgan fingerprint density at radius 3 is 3.00 bits per heavy atom. The molecule has 0 N–H and O–H groups in total. The topological polar surface area (TPSA) is 88.4 Å². The molecule has 0 aliphatic carbocycles. The van der Waals surface area contributed by atoms with Gasteiger partial charge in [0.25, 0.3) is 0 Å². The second-order valence-electron chi connectivity index (χ2n) is 5.35. The van der Waals surface area contributed by atoms with E-state index in [9.17, 15) is 4.79 Å². The summed E-state index contributed by atoms with van der Waals surface area (Å²) in [5, 5.41) is 0.300. The molecule has 0 radical (unpaired) electrons. The number of nitrogens with zero attached hydrogens (tertiary/aromatic N) is 4. The molecule has 0 aromatic carbocycles. The maximum atomic E-state index is 11.3. The van der Waals surface area contributed by atoms with Gasteiger partial charge in [-0.15, -0.1) is 0 Å². The third kappa shape index (κ3) is 3.15. The monoisotopic (exact) mass is 340 g/mol. The number of fused-ring (bicyclic) bond motifs is 1. The second-order valence-corrected chi connectivity index (χ2v) is 5.71. The zero-order valence-corrected chi connectivity index (χ0v) is 13.8. The van der Waals surface area contributed by atoms with E-state index in [0.29, 0.717) is 35.2 Å². The molecule has 0 spiro atoms. The van der Waals surface area contributed by atoms with E-state index >= 15 is 0 Å². The molecule has 1 fully saturated rings. The van der Waals surface area contributed by atoms with E-state index in [1.807, 2.05) is 0 Å². The number of rotatable bonds is 4. The summed E-state index contributed by atoms with van der Waals surface area (Å²) in [6.45, 7) is 3.46. The summed E-state index contributed by atoms with van der Waals surface area (Å²) < 4.78 is 18.2. The van der Waals surface area contributed by atoms with E-state index in [1.165, 1.54) is 6.92 Å². The summed E-state index contributed by atoms with van der Waals surface area (Å²) in [6.07, 6.45) is 1.00. The summed E-state index contributed by atoms with van der Waals surface area (Å²) in [6, 6.07) is 0. The molecule has 2 aromatic heterocycles. The lowest BCUT2D eigenvalue weighted by molar-refractivity contribution is -0.150. The average Bonchev–Trinajstić information content (AvgIpc) is 3.03.